The molecule has 41 heavy (non-hydrogen) atoms. The molecule has 0 heterocycles. The van der Waals surface area contributed by atoms with Crippen LogP contribution in [0, 0.1) is 5.82 Å². The van der Waals surface area contributed by atoms with Gasteiger partial charge in [-0.15, -0.1) is 0 Å². The number of rotatable bonds is 16. The van der Waals surface area contributed by atoms with Crippen LogP contribution in [0.25, 0.3) is 0 Å². The molecule has 3 rings (SSSR count). The van der Waals surface area contributed by atoms with Crippen molar-refractivity contribution in [1.29, 1.82) is 0 Å². The van der Waals surface area contributed by atoms with Crippen molar-refractivity contribution in [1.82, 2.24) is 0 Å². The molecular formula is C27H30FNO10S2. The molecule has 14 heteroatoms. The summed E-state index contributed by atoms with van der Waals surface area (Å²) in [6, 6.07) is 15.9. The Morgan fingerprint density at radius 2 is 1.15 bits per heavy atom. The van der Waals surface area contributed by atoms with Gasteiger partial charge in [-0.2, -0.15) is 3.71 Å². The van der Waals surface area contributed by atoms with Crippen molar-refractivity contribution in [3.05, 3.63) is 78.1 Å². The molecular weight excluding hydrogens is 581 g/mol. The Hall–Kier alpha value is -4.04. The molecule has 0 radical (unpaired) electrons. The van der Waals surface area contributed by atoms with E-state index in [-0.39, 0.29) is 29.8 Å². The summed E-state index contributed by atoms with van der Waals surface area (Å²) in [6.07, 6.45) is -0.275. The fourth-order valence-corrected chi connectivity index (χ4v) is 7.68. The van der Waals surface area contributed by atoms with Gasteiger partial charge in [0.05, 0.1) is 44.5 Å². The molecule has 3 aromatic carbocycles. The second kappa shape index (κ2) is 14.0. The second-order valence-corrected chi connectivity index (χ2v) is 12.6. The van der Waals surface area contributed by atoms with Gasteiger partial charge in [0.1, 0.15) is 28.7 Å². The summed E-state index contributed by atoms with van der Waals surface area (Å²) in [4.78, 5) is 11.5. The van der Waals surface area contributed by atoms with E-state index in [0.717, 1.165) is 18.2 Å². The molecule has 0 fully saturated rings. The smallest absolute Gasteiger partial charge is 0.338 e. The molecule has 0 saturated carbocycles. The van der Waals surface area contributed by atoms with Crippen LogP contribution in [0.15, 0.2) is 66.7 Å². The van der Waals surface area contributed by atoms with Crippen LogP contribution in [0.2, 0.25) is 0 Å². The molecule has 3 aromatic rings. The molecule has 0 aliphatic carbocycles. The first-order chi connectivity index (χ1) is 19.5. The molecule has 222 valence electrons. The van der Waals surface area contributed by atoms with Gasteiger partial charge >= 0.3 is 5.97 Å². The number of nitrogens with zero attached hydrogens (tertiary/aromatic N) is 1. The average Bonchev–Trinajstić information content (AvgIpc) is 2.95. The molecule has 0 amide bonds. The Bertz CT molecular complexity index is 1440. The van der Waals surface area contributed by atoms with Crippen LogP contribution in [0.1, 0.15) is 23.2 Å². The summed E-state index contributed by atoms with van der Waals surface area (Å²) in [5.41, 5.74) is -1.78. The third-order valence-corrected chi connectivity index (χ3v) is 10.0. The van der Waals surface area contributed by atoms with Gasteiger partial charge in [-0.25, -0.2) is 26.0 Å². The van der Waals surface area contributed by atoms with Gasteiger partial charge in [-0.05, 0) is 73.5 Å². The molecule has 0 aromatic heterocycles. The molecule has 1 N–H and O–H groups in total. The van der Waals surface area contributed by atoms with Crippen molar-refractivity contribution in [3.63, 3.8) is 0 Å². The molecule has 0 spiro atoms. The summed E-state index contributed by atoms with van der Waals surface area (Å²) in [6.45, 7) is -0.181. The van der Waals surface area contributed by atoms with E-state index in [1.807, 2.05) is 0 Å². The third-order valence-electron chi connectivity index (χ3n) is 5.66. The number of anilines is 1. The molecule has 0 bridgehead atoms. The maximum atomic E-state index is 15.2. The van der Waals surface area contributed by atoms with Crippen molar-refractivity contribution in [2.45, 2.75) is 12.8 Å². The monoisotopic (exact) mass is 611 g/mol. The summed E-state index contributed by atoms with van der Waals surface area (Å²) in [5.74, 6) is -2.55. The number of carboxylic acids is 1. The van der Waals surface area contributed by atoms with Crippen molar-refractivity contribution in [2.24, 2.45) is 0 Å². The lowest BCUT2D eigenvalue weighted by molar-refractivity contribution is 0.0692. The highest BCUT2D eigenvalue weighted by Gasteiger charge is 2.36. The van der Waals surface area contributed by atoms with Crippen molar-refractivity contribution in [2.75, 3.05) is 42.6 Å². The molecule has 0 aliphatic rings. The molecule has 0 aliphatic heterocycles. The quantitative estimate of drug-likeness (QED) is 0.236. The first kappa shape index (κ1) is 31.5. The second-order valence-electron chi connectivity index (χ2n) is 8.53. The number of benzene rings is 3. The first-order valence-electron chi connectivity index (χ1n) is 12.3. The molecule has 0 unspecified atom stereocenters. The van der Waals surface area contributed by atoms with Crippen LogP contribution >= 0.6 is 0 Å². The number of halogens is 1. The van der Waals surface area contributed by atoms with Crippen LogP contribution in [-0.2, 0) is 20.0 Å². The summed E-state index contributed by atoms with van der Waals surface area (Å²) < 4.78 is 89.6. The zero-order valence-electron chi connectivity index (χ0n) is 22.4. The lowest BCUT2D eigenvalue weighted by Crippen LogP contribution is -2.41. The molecule has 0 atom stereocenters. The van der Waals surface area contributed by atoms with Gasteiger partial charge in [0.25, 0.3) is 0 Å². The van der Waals surface area contributed by atoms with Gasteiger partial charge in [-0.3, -0.25) is 0 Å². The van der Waals surface area contributed by atoms with Crippen LogP contribution in [0.5, 0.6) is 23.0 Å². The van der Waals surface area contributed by atoms with E-state index in [9.17, 15) is 26.7 Å². The topological polar surface area (TPSA) is 146 Å². The normalized spacial score (nSPS) is 11.5. The number of sulfonamides is 2. The largest absolute Gasteiger partial charge is 0.497 e. The number of carboxylic acid groups (broad SMARTS) is 1. The Morgan fingerprint density at radius 3 is 1.54 bits per heavy atom. The number of carbonyl (C=O) groups is 1. The maximum absolute atomic E-state index is 15.2. The van der Waals surface area contributed by atoms with Crippen molar-refractivity contribution in [3.8, 4) is 23.0 Å². The van der Waals surface area contributed by atoms with E-state index in [4.69, 9.17) is 18.9 Å². The van der Waals surface area contributed by atoms with Gasteiger partial charge < -0.3 is 24.1 Å². The fourth-order valence-electron chi connectivity index (χ4n) is 3.67. The zero-order valence-corrected chi connectivity index (χ0v) is 24.0. The van der Waals surface area contributed by atoms with Crippen LogP contribution in [0.4, 0.5) is 10.1 Å². The minimum atomic E-state index is -4.70. The molecule has 11 nitrogen and oxygen atoms in total. The van der Waals surface area contributed by atoms with E-state index in [2.05, 4.69) is 0 Å². The SMILES string of the molecule is COc1ccc(OCCCS(=O)(=O)N(c2cccc(C(=O)O)c2F)S(=O)(=O)CCCOc2ccc(OC)cc2)cc1. The average molecular weight is 612 g/mol. The van der Waals surface area contributed by atoms with E-state index in [1.165, 1.54) is 14.2 Å². The number of methoxy groups -OCH3 is 2. The van der Waals surface area contributed by atoms with E-state index < -0.39 is 54.6 Å². The molecule has 0 saturated heterocycles. The highest BCUT2D eigenvalue weighted by atomic mass is 32.3. The lowest BCUT2D eigenvalue weighted by Gasteiger charge is -2.25. The highest BCUT2D eigenvalue weighted by Crippen LogP contribution is 2.29. The number of hydrogen-bond donors (Lipinski definition) is 1. The highest BCUT2D eigenvalue weighted by molar-refractivity contribution is 8.10. The van der Waals surface area contributed by atoms with E-state index >= 15 is 4.39 Å². The van der Waals surface area contributed by atoms with Crippen LogP contribution in [-0.4, -0.2) is 66.9 Å². The number of aromatic carboxylic acids is 1. The Labute approximate surface area is 238 Å². The summed E-state index contributed by atoms with van der Waals surface area (Å²) >= 11 is 0. The predicted molar refractivity (Wildman–Crippen MR) is 150 cm³/mol. The van der Waals surface area contributed by atoms with Crippen molar-refractivity contribution < 1.29 is 50.1 Å². The Kier molecular flexibility index (Phi) is 10.8. The number of hydrogen-bond acceptors (Lipinski definition) is 9. The van der Waals surface area contributed by atoms with Crippen LogP contribution in [0.3, 0.4) is 0 Å². The Balaban J connectivity index is 1.76. The minimum absolute atomic E-state index is 0.0253. The fraction of sp³-hybridized carbons (Fsp3) is 0.296. The minimum Gasteiger partial charge on any atom is -0.497 e. The van der Waals surface area contributed by atoms with Gasteiger partial charge in [0, 0.05) is 0 Å². The van der Waals surface area contributed by atoms with E-state index in [0.29, 0.717) is 23.0 Å². The van der Waals surface area contributed by atoms with Gasteiger partial charge in [0.2, 0.25) is 20.0 Å². The Morgan fingerprint density at radius 1 is 0.732 bits per heavy atom. The van der Waals surface area contributed by atoms with E-state index in [1.54, 1.807) is 48.5 Å². The first-order valence-corrected chi connectivity index (χ1v) is 15.5. The summed E-state index contributed by atoms with van der Waals surface area (Å²) in [5, 5.41) is 9.30. The predicted octanol–water partition coefficient (Wildman–Crippen LogP) is 3.95. The zero-order chi connectivity index (χ0) is 30.0. The van der Waals surface area contributed by atoms with Crippen molar-refractivity contribution >= 4 is 31.7 Å². The lowest BCUT2D eigenvalue weighted by atomic mass is 10.2. The number of ether oxygens (including phenoxy) is 4. The van der Waals surface area contributed by atoms with Gasteiger partial charge in [-0.1, -0.05) is 6.07 Å². The summed E-state index contributed by atoms with van der Waals surface area (Å²) in [7, 11) is -6.40. The standard InChI is InChI=1S/C27H30FNO10S2/c1-36-20-8-12-22(13-9-20)38-16-4-18-40(32,33)29(25-7-3-6-24(26(25)28)27(30)31)41(34,35)19-5-17-39-23-14-10-21(37-2)11-15-23/h3,6-15H,4-5,16-19H2,1-2H3,(H,30,31). The van der Waals surface area contributed by atoms with Crippen LogP contribution < -0.4 is 22.7 Å². The van der Waals surface area contributed by atoms with Gasteiger partial charge in [0.15, 0.2) is 5.82 Å². The maximum Gasteiger partial charge on any atom is 0.338 e. The third kappa shape index (κ3) is 8.47.